The minimum Gasteiger partial charge on any atom is -0.480 e. The zero-order chi connectivity index (χ0) is 41.9. The minimum atomic E-state index is -2.30. The SMILES string of the molecule is O=C(O)[C@@H]1Cc2ccc(cc2)NC(=O)[C@H](O)[C@@H](O)C(=O)N[C@@H](Cc2cccs2)C(=O)N[C@@H](Cc2ccc(-c3ccccc3)cc2)C(=O)N[C@H](Cc2ccccc2)C(=O)N1. The Labute approximate surface area is 343 Å². The number of aliphatic carboxylic acids is 1. The molecule has 5 aromatic rings. The van der Waals surface area contributed by atoms with E-state index in [1.807, 2.05) is 42.5 Å². The second-order valence-corrected chi connectivity index (χ2v) is 15.1. The number of thiophene rings is 1. The van der Waals surface area contributed by atoms with Crippen LogP contribution in [0.15, 0.2) is 127 Å². The van der Waals surface area contributed by atoms with E-state index in [-0.39, 0.29) is 31.4 Å². The molecule has 0 fully saturated rings. The zero-order valence-electron chi connectivity index (χ0n) is 31.6. The first-order valence-corrected chi connectivity index (χ1v) is 19.7. The van der Waals surface area contributed by atoms with E-state index in [2.05, 4.69) is 26.6 Å². The molecule has 1 aromatic heterocycles. The molecule has 3 heterocycles. The lowest BCUT2D eigenvalue weighted by Crippen LogP contribution is -2.60. The van der Waals surface area contributed by atoms with E-state index < -0.39 is 71.9 Å². The number of benzene rings is 4. The van der Waals surface area contributed by atoms with Gasteiger partial charge in [-0.3, -0.25) is 24.0 Å². The molecule has 0 aliphatic carbocycles. The van der Waals surface area contributed by atoms with Crippen LogP contribution in [-0.4, -0.2) is 87.2 Å². The molecular weight excluding hydrogens is 775 g/mol. The number of hydrogen-bond acceptors (Lipinski definition) is 9. The van der Waals surface area contributed by atoms with Gasteiger partial charge in [-0.15, -0.1) is 11.3 Å². The molecule has 8 N–H and O–H groups in total. The summed E-state index contributed by atoms with van der Waals surface area (Å²) in [6.45, 7) is 0. The van der Waals surface area contributed by atoms with Crippen molar-refractivity contribution in [2.24, 2.45) is 0 Å². The third-order valence-electron chi connectivity index (χ3n) is 9.78. The van der Waals surface area contributed by atoms with Gasteiger partial charge >= 0.3 is 5.97 Å². The molecule has 0 saturated carbocycles. The highest BCUT2D eigenvalue weighted by Crippen LogP contribution is 2.21. The number of carbonyl (C=O) groups excluding carboxylic acids is 5. The highest BCUT2D eigenvalue weighted by Gasteiger charge is 2.35. The maximum Gasteiger partial charge on any atom is 0.326 e. The highest BCUT2D eigenvalue weighted by atomic mass is 32.1. The van der Waals surface area contributed by atoms with Crippen molar-refractivity contribution in [3.63, 3.8) is 0 Å². The molecule has 0 spiro atoms. The van der Waals surface area contributed by atoms with Gasteiger partial charge in [-0.2, -0.15) is 0 Å². The smallest absolute Gasteiger partial charge is 0.326 e. The fourth-order valence-electron chi connectivity index (χ4n) is 6.54. The van der Waals surface area contributed by atoms with Gasteiger partial charge in [0, 0.05) is 36.2 Å². The Morgan fingerprint density at radius 3 is 1.63 bits per heavy atom. The fourth-order valence-corrected chi connectivity index (χ4v) is 7.30. The molecular formula is C44H43N5O9S. The topological polar surface area (TPSA) is 223 Å². The zero-order valence-corrected chi connectivity index (χ0v) is 32.4. The summed E-state index contributed by atoms with van der Waals surface area (Å²) in [7, 11) is 0. The molecule has 6 atom stereocenters. The molecule has 0 unspecified atom stereocenters. The molecule has 4 aromatic carbocycles. The van der Waals surface area contributed by atoms with Crippen LogP contribution in [0.4, 0.5) is 5.69 Å². The number of anilines is 1. The molecule has 14 nitrogen and oxygen atoms in total. The Balaban J connectivity index is 1.37. The summed E-state index contributed by atoms with van der Waals surface area (Å²) >= 11 is 1.29. The maximum absolute atomic E-state index is 14.4. The molecule has 0 saturated heterocycles. The molecule has 2 bridgehead atoms. The van der Waals surface area contributed by atoms with Crippen LogP contribution in [-0.2, 0) is 54.5 Å². The summed E-state index contributed by atoms with van der Waals surface area (Å²) in [5.74, 6) is -6.08. The van der Waals surface area contributed by atoms with Crippen LogP contribution < -0.4 is 26.6 Å². The largest absolute Gasteiger partial charge is 0.480 e. The molecule has 304 valence electrons. The number of nitrogens with one attached hydrogen (secondary N) is 5. The molecule has 59 heavy (non-hydrogen) atoms. The number of aliphatic hydroxyl groups is 2. The van der Waals surface area contributed by atoms with Gasteiger partial charge in [0.2, 0.25) is 17.7 Å². The first-order chi connectivity index (χ1) is 28.4. The molecule has 2 aliphatic heterocycles. The van der Waals surface area contributed by atoms with Crippen LogP contribution in [0.3, 0.4) is 0 Å². The quantitative estimate of drug-likeness (QED) is 0.108. The number of rotatable bonds is 8. The first-order valence-electron chi connectivity index (χ1n) is 18.8. The average Bonchev–Trinajstić information content (AvgIpc) is 3.76. The third kappa shape index (κ3) is 11.5. The predicted molar refractivity (Wildman–Crippen MR) is 220 cm³/mol. The van der Waals surface area contributed by atoms with Crippen molar-refractivity contribution in [1.82, 2.24) is 21.3 Å². The van der Waals surface area contributed by atoms with Crippen molar-refractivity contribution in [2.75, 3.05) is 5.32 Å². The van der Waals surface area contributed by atoms with Crippen LogP contribution in [0.1, 0.15) is 21.6 Å². The summed E-state index contributed by atoms with van der Waals surface area (Å²) < 4.78 is 0. The van der Waals surface area contributed by atoms with Crippen LogP contribution >= 0.6 is 11.3 Å². The summed E-state index contributed by atoms with van der Waals surface area (Å²) in [6.07, 6.45) is -4.89. The van der Waals surface area contributed by atoms with Gasteiger partial charge in [-0.1, -0.05) is 103 Å². The fraction of sp³-hybridized carbons (Fsp3) is 0.227. The summed E-state index contributed by atoms with van der Waals surface area (Å²) in [5, 5.41) is 46.3. The van der Waals surface area contributed by atoms with Crippen LogP contribution in [0.5, 0.6) is 0 Å². The van der Waals surface area contributed by atoms with Gasteiger partial charge in [-0.25, -0.2) is 4.79 Å². The number of amides is 5. The molecule has 15 heteroatoms. The van der Waals surface area contributed by atoms with Gasteiger partial charge in [0.05, 0.1) is 0 Å². The minimum absolute atomic E-state index is 0.0249. The van der Waals surface area contributed by atoms with Gasteiger partial charge < -0.3 is 41.9 Å². The van der Waals surface area contributed by atoms with Gasteiger partial charge in [-0.05, 0) is 51.4 Å². The summed E-state index contributed by atoms with van der Waals surface area (Å²) in [4.78, 5) is 82.0. The molecule has 0 radical (unpaired) electrons. The Bertz CT molecular complexity index is 2240. The van der Waals surface area contributed by atoms with Crippen LogP contribution in [0, 0.1) is 0 Å². The Kier molecular flexibility index (Phi) is 14.0. The monoisotopic (exact) mass is 817 g/mol. The van der Waals surface area contributed by atoms with E-state index in [4.69, 9.17) is 0 Å². The van der Waals surface area contributed by atoms with Gasteiger partial charge in [0.15, 0.2) is 12.2 Å². The summed E-state index contributed by atoms with van der Waals surface area (Å²) in [5.41, 5.74) is 3.80. The molecule has 7 rings (SSSR count). The number of aliphatic hydroxyl groups excluding tert-OH is 2. The van der Waals surface area contributed by atoms with Crippen LogP contribution in [0.2, 0.25) is 0 Å². The van der Waals surface area contributed by atoms with Crippen molar-refractivity contribution in [3.8, 4) is 11.1 Å². The molecule has 5 amide bonds. The second kappa shape index (κ2) is 19.7. The van der Waals surface area contributed by atoms with E-state index in [1.54, 1.807) is 60.0 Å². The third-order valence-corrected chi connectivity index (χ3v) is 10.7. The van der Waals surface area contributed by atoms with E-state index in [1.165, 1.54) is 35.6 Å². The number of carboxylic acid groups (broad SMARTS) is 1. The van der Waals surface area contributed by atoms with E-state index >= 15 is 0 Å². The van der Waals surface area contributed by atoms with Gasteiger partial charge in [0.1, 0.15) is 24.2 Å². The van der Waals surface area contributed by atoms with E-state index in [9.17, 15) is 44.1 Å². The number of carboxylic acids is 1. The van der Waals surface area contributed by atoms with Crippen molar-refractivity contribution in [3.05, 3.63) is 148 Å². The van der Waals surface area contributed by atoms with Crippen molar-refractivity contribution in [1.29, 1.82) is 0 Å². The lowest BCUT2D eigenvalue weighted by atomic mass is 9.99. The number of fused-ring (bicyclic) bond motifs is 18. The number of carbonyl (C=O) groups is 6. The van der Waals surface area contributed by atoms with Crippen molar-refractivity contribution < 1.29 is 44.1 Å². The lowest BCUT2D eigenvalue weighted by molar-refractivity contribution is -0.145. The standard InChI is InChI=1S/C44H43N5O9S/c50-37-38(51)43(56)48-35(25-32-12-7-21-59-32)41(54)47-34(23-27-13-17-30(18-14-27)29-10-5-2-6-11-29)39(52)46-33(22-26-8-3-1-4-9-26)40(53)49-36(44(57)58)24-28-15-19-31(20-16-28)45-42(37)55/h1-21,33-38,50-51H,22-25H2,(H,45,55)(H,46,52)(H,47,54)(H,48,56)(H,49,53)(H,57,58)/t33-,34+,35+,36+,37-,38-/m1/s1. The van der Waals surface area contributed by atoms with Crippen molar-refractivity contribution in [2.45, 2.75) is 62.1 Å². The van der Waals surface area contributed by atoms with Gasteiger partial charge in [0.25, 0.3) is 11.8 Å². The summed E-state index contributed by atoms with van der Waals surface area (Å²) in [6, 6.07) is 29.6. The number of hydrogen-bond donors (Lipinski definition) is 8. The normalized spacial score (nSPS) is 22.2. The average molecular weight is 818 g/mol. The highest BCUT2D eigenvalue weighted by molar-refractivity contribution is 7.09. The van der Waals surface area contributed by atoms with Crippen LogP contribution in [0.25, 0.3) is 11.1 Å². The Morgan fingerprint density at radius 2 is 1.05 bits per heavy atom. The lowest BCUT2D eigenvalue weighted by Gasteiger charge is -2.27. The Hall–Kier alpha value is -6.68. The van der Waals surface area contributed by atoms with Crippen molar-refractivity contribution >= 4 is 52.5 Å². The Morgan fingerprint density at radius 1 is 0.542 bits per heavy atom. The predicted octanol–water partition coefficient (Wildman–Crippen LogP) is 2.38. The molecule has 2 aliphatic rings. The second-order valence-electron chi connectivity index (χ2n) is 14.1. The van der Waals surface area contributed by atoms with E-state index in [0.29, 0.717) is 21.6 Å². The maximum atomic E-state index is 14.4. The van der Waals surface area contributed by atoms with E-state index in [0.717, 1.165) is 11.1 Å². The first kappa shape index (κ1) is 41.9.